The van der Waals surface area contributed by atoms with E-state index in [1.54, 1.807) is 12.1 Å². The van der Waals surface area contributed by atoms with Crippen molar-refractivity contribution in [1.82, 2.24) is 15.1 Å². The van der Waals surface area contributed by atoms with Crippen molar-refractivity contribution in [2.45, 2.75) is 24.8 Å². The van der Waals surface area contributed by atoms with E-state index >= 15 is 0 Å². The Balaban J connectivity index is 1.21. The molecule has 0 radical (unpaired) electrons. The normalized spacial score (nSPS) is 23.4. The van der Waals surface area contributed by atoms with Crippen LogP contribution in [0.5, 0.6) is 0 Å². The number of piperazine rings is 1. The van der Waals surface area contributed by atoms with Crippen LogP contribution in [0, 0.1) is 10.1 Å². The van der Waals surface area contributed by atoms with E-state index in [9.17, 15) is 19.7 Å². The third-order valence-electron chi connectivity index (χ3n) is 6.82. The minimum absolute atomic E-state index is 0.0743. The number of amides is 3. The van der Waals surface area contributed by atoms with E-state index in [0.717, 1.165) is 30.8 Å². The molecule has 1 atom stereocenters. The van der Waals surface area contributed by atoms with Gasteiger partial charge < -0.3 is 10.2 Å². The first kappa shape index (κ1) is 20.4. The van der Waals surface area contributed by atoms with Crippen LogP contribution in [0.4, 0.5) is 16.2 Å². The van der Waals surface area contributed by atoms with Gasteiger partial charge in [0.25, 0.3) is 11.6 Å². The lowest BCUT2D eigenvalue weighted by Crippen LogP contribution is -2.53. The van der Waals surface area contributed by atoms with Crippen molar-refractivity contribution >= 4 is 23.3 Å². The lowest BCUT2D eigenvalue weighted by molar-refractivity contribution is -0.384. The molecule has 3 amide bonds. The highest BCUT2D eigenvalue weighted by Crippen LogP contribution is 2.33. The van der Waals surface area contributed by atoms with Gasteiger partial charge in [0.05, 0.1) is 11.6 Å². The number of non-ortho nitro benzene ring substituents is 1. The molecule has 166 valence electrons. The number of carbonyl (C=O) groups is 2. The smallest absolute Gasteiger partial charge is 0.326 e. The molecule has 0 bridgehead atoms. The van der Waals surface area contributed by atoms with Crippen LogP contribution in [-0.2, 0) is 17.6 Å². The number of urea groups is 1. The van der Waals surface area contributed by atoms with Gasteiger partial charge in [-0.25, -0.2) is 9.69 Å². The summed E-state index contributed by atoms with van der Waals surface area (Å²) in [7, 11) is 0. The lowest BCUT2D eigenvalue weighted by atomic mass is 9.78. The highest BCUT2D eigenvalue weighted by molar-refractivity contribution is 6.07. The number of nitrogens with zero attached hydrogens (tertiary/aromatic N) is 4. The van der Waals surface area contributed by atoms with Crippen molar-refractivity contribution < 1.29 is 14.5 Å². The zero-order valence-electron chi connectivity index (χ0n) is 17.7. The number of benzene rings is 2. The maximum absolute atomic E-state index is 13.3. The zero-order valence-corrected chi connectivity index (χ0v) is 17.7. The minimum Gasteiger partial charge on any atom is -0.369 e. The first-order chi connectivity index (χ1) is 15.4. The average Bonchev–Trinajstić information content (AvgIpc) is 3.03. The van der Waals surface area contributed by atoms with Gasteiger partial charge in [-0.2, -0.15) is 0 Å². The van der Waals surface area contributed by atoms with Crippen molar-refractivity contribution in [1.29, 1.82) is 0 Å². The summed E-state index contributed by atoms with van der Waals surface area (Å²) >= 11 is 0. The van der Waals surface area contributed by atoms with Crippen LogP contribution in [0.15, 0.2) is 48.5 Å². The minimum atomic E-state index is -0.827. The topological polar surface area (TPSA) is 99.0 Å². The van der Waals surface area contributed by atoms with Gasteiger partial charge in [0.2, 0.25) is 0 Å². The van der Waals surface area contributed by atoms with Crippen LogP contribution >= 0.6 is 0 Å². The molecule has 2 aromatic rings. The number of nitro groups is 1. The second kappa shape index (κ2) is 7.90. The molecular weight excluding hydrogens is 410 g/mol. The van der Waals surface area contributed by atoms with E-state index in [1.165, 1.54) is 22.6 Å². The maximum Gasteiger partial charge on any atom is 0.326 e. The Morgan fingerprint density at radius 1 is 0.969 bits per heavy atom. The summed E-state index contributed by atoms with van der Waals surface area (Å²) in [5, 5.41) is 13.8. The molecule has 1 unspecified atom stereocenters. The predicted octanol–water partition coefficient (Wildman–Crippen LogP) is 2.15. The molecule has 2 heterocycles. The molecule has 2 saturated heterocycles. The number of nitro benzene ring substituents is 1. The summed E-state index contributed by atoms with van der Waals surface area (Å²) < 4.78 is 0. The quantitative estimate of drug-likeness (QED) is 0.449. The molecule has 1 spiro atoms. The van der Waals surface area contributed by atoms with Crippen LogP contribution in [-0.4, -0.2) is 65.0 Å². The fourth-order valence-electron chi connectivity index (χ4n) is 4.96. The summed E-state index contributed by atoms with van der Waals surface area (Å²) in [5.74, 6) is -0.130. The summed E-state index contributed by atoms with van der Waals surface area (Å²) in [4.78, 5) is 42.1. The number of fused-ring (bicyclic) bond motifs is 1. The van der Waals surface area contributed by atoms with Crippen LogP contribution in [0.3, 0.4) is 0 Å². The van der Waals surface area contributed by atoms with Crippen LogP contribution in [0.1, 0.15) is 17.5 Å². The Labute approximate surface area is 185 Å². The Morgan fingerprint density at radius 3 is 2.34 bits per heavy atom. The number of rotatable bonds is 4. The van der Waals surface area contributed by atoms with Gasteiger partial charge in [-0.15, -0.1) is 0 Å². The monoisotopic (exact) mass is 435 g/mol. The molecule has 0 saturated carbocycles. The molecule has 9 heteroatoms. The summed E-state index contributed by atoms with van der Waals surface area (Å²) in [5.41, 5.74) is 2.56. The van der Waals surface area contributed by atoms with Gasteiger partial charge >= 0.3 is 6.03 Å². The molecule has 9 nitrogen and oxygen atoms in total. The molecule has 2 fully saturated rings. The maximum atomic E-state index is 13.3. The molecule has 1 aliphatic carbocycles. The molecule has 2 aromatic carbocycles. The molecule has 2 aliphatic heterocycles. The second-order valence-electron chi connectivity index (χ2n) is 8.71. The summed E-state index contributed by atoms with van der Waals surface area (Å²) in [6.07, 6.45) is 1.95. The van der Waals surface area contributed by atoms with Crippen molar-refractivity contribution in [2.24, 2.45) is 0 Å². The van der Waals surface area contributed by atoms with Crippen LogP contribution < -0.4 is 10.2 Å². The van der Waals surface area contributed by atoms with Gasteiger partial charge in [-0.3, -0.25) is 19.8 Å². The standard InChI is InChI=1S/C23H25N5O4/c29-21-23(10-9-17-3-1-2-4-18(17)15-23)24-22(30)27(21)16-25-11-13-26(14-12-25)19-5-7-20(8-6-19)28(31)32/h1-8H,9-16H2,(H,24,30). The summed E-state index contributed by atoms with van der Waals surface area (Å²) in [6, 6.07) is 14.3. The van der Waals surface area contributed by atoms with Gasteiger partial charge in [0.1, 0.15) is 5.54 Å². The summed E-state index contributed by atoms with van der Waals surface area (Å²) in [6.45, 7) is 3.12. The second-order valence-corrected chi connectivity index (χ2v) is 8.71. The predicted molar refractivity (Wildman–Crippen MR) is 118 cm³/mol. The van der Waals surface area contributed by atoms with Gasteiger partial charge in [0.15, 0.2) is 0 Å². The fourth-order valence-corrected chi connectivity index (χ4v) is 4.96. The van der Waals surface area contributed by atoms with E-state index in [-0.39, 0.29) is 24.3 Å². The van der Waals surface area contributed by atoms with Crippen molar-refractivity contribution in [2.75, 3.05) is 37.7 Å². The number of nitrogens with one attached hydrogen (secondary N) is 1. The van der Waals surface area contributed by atoms with Gasteiger partial charge in [-0.1, -0.05) is 24.3 Å². The number of aryl methyl sites for hydroxylation is 1. The van der Waals surface area contributed by atoms with E-state index in [4.69, 9.17) is 0 Å². The molecule has 0 aromatic heterocycles. The highest BCUT2D eigenvalue weighted by Gasteiger charge is 2.52. The number of hydrogen-bond donors (Lipinski definition) is 1. The number of imide groups is 1. The van der Waals surface area contributed by atoms with Crippen LogP contribution in [0.25, 0.3) is 0 Å². The van der Waals surface area contributed by atoms with Gasteiger partial charge in [-0.05, 0) is 36.1 Å². The van der Waals surface area contributed by atoms with Gasteiger partial charge in [0, 0.05) is 50.4 Å². The van der Waals surface area contributed by atoms with Crippen molar-refractivity contribution in [3.05, 3.63) is 69.8 Å². The molecule has 5 rings (SSSR count). The SMILES string of the molecule is O=C1NC2(CCc3ccccc3C2)C(=O)N1CN1CCN(c2ccc([N+](=O)[O-])cc2)CC1. The van der Waals surface area contributed by atoms with Crippen molar-refractivity contribution in [3.8, 4) is 0 Å². The lowest BCUT2D eigenvalue weighted by Gasteiger charge is -2.37. The molecular formula is C23H25N5O4. The van der Waals surface area contributed by atoms with Crippen LogP contribution in [0.2, 0.25) is 0 Å². The number of hydrogen-bond acceptors (Lipinski definition) is 6. The number of carbonyl (C=O) groups excluding carboxylic acids is 2. The third kappa shape index (κ3) is 3.58. The Kier molecular flexibility index (Phi) is 5.05. The molecule has 3 aliphatic rings. The van der Waals surface area contributed by atoms with E-state index in [2.05, 4.69) is 21.2 Å². The van der Waals surface area contributed by atoms with E-state index < -0.39 is 10.5 Å². The molecule has 1 N–H and O–H groups in total. The fraction of sp³-hybridized carbons (Fsp3) is 0.391. The Bertz CT molecular complexity index is 1060. The third-order valence-corrected chi connectivity index (χ3v) is 6.82. The first-order valence-corrected chi connectivity index (χ1v) is 10.9. The van der Waals surface area contributed by atoms with E-state index in [1.807, 2.05) is 18.2 Å². The first-order valence-electron chi connectivity index (χ1n) is 10.9. The zero-order chi connectivity index (χ0) is 22.3. The Hall–Kier alpha value is -3.46. The van der Waals surface area contributed by atoms with Crippen molar-refractivity contribution in [3.63, 3.8) is 0 Å². The van der Waals surface area contributed by atoms with E-state index in [0.29, 0.717) is 25.9 Å². The number of anilines is 1. The Morgan fingerprint density at radius 2 is 1.66 bits per heavy atom. The average molecular weight is 435 g/mol. The largest absolute Gasteiger partial charge is 0.369 e. The molecule has 32 heavy (non-hydrogen) atoms. The highest BCUT2D eigenvalue weighted by atomic mass is 16.6.